The molecule has 1 aliphatic rings. The number of aromatic nitrogens is 2. The molecule has 21 heavy (non-hydrogen) atoms. The minimum Gasteiger partial charge on any atom is -0.481 e. The zero-order chi connectivity index (χ0) is 14.8. The summed E-state index contributed by atoms with van der Waals surface area (Å²) in [5, 5.41) is 9.47. The van der Waals surface area contributed by atoms with E-state index in [0.29, 0.717) is 5.82 Å². The predicted octanol–water partition coefficient (Wildman–Crippen LogP) is 2.66. The highest BCUT2D eigenvalue weighted by Crippen LogP contribution is 2.32. The lowest BCUT2D eigenvalue weighted by molar-refractivity contribution is -0.137. The third-order valence-corrected chi connectivity index (χ3v) is 5.14. The molecule has 0 radical (unpaired) electrons. The van der Waals surface area contributed by atoms with Crippen molar-refractivity contribution in [3.05, 3.63) is 26.6 Å². The van der Waals surface area contributed by atoms with Gasteiger partial charge in [0, 0.05) is 11.3 Å². The predicted molar refractivity (Wildman–Crippen MR) is 82.1 cm³/mol. The summed E-state index contributed by atoms with van der Waals surface area (Å²) in [6.07, 6.45) is 7.00. The largest absolute Gasteiger partial charge is 0.481 e. The summed E-state index contributed by atoms with van der Waals surface area (Å²) in [5.41, 5.74) is 1.06. The van der Waals surface area contributed by atoms with Crippen LogP contribution in [0.15, 0.2) is 4.79 Å². The van der Waals surface area contributed by atoms with Crippen LogP contribution in [0.1, 0.15) is 48.4 Å². The summed E-state index contributed by atoms with van der Waals surface area (Å²) in [6, 6.07) is 0. The Morgan fingerprint density at radius 1 is 1.24 bits per heavy atom. The summed E-state index contributed by atoms with van der Waals surface area (Å²) < 4.78 is 0. The highest BCUT2D eigenvalue weighted by Gasteiger charge is 2.18. The first-order valence-corrected chi connectivity index (χ1v) is 8.22. The molecule has 112 valence electrons. The second-order valence-corrected chi connectivity index (χ2v) is 6.59. The molecule has 0 unspecified atom stereocenters. The maximum absolute atomic E-state index is 12.3. The highest BCUT2D eigenvalue weighted by molar-refractivity contribution is 7.18. The Labute approximate surface area is 126 Å². The van der Waals surface area contributed by atoms with Gasteiger partial charge in [0.2, 0.25) is 0 Å². The Morgan fingerprint density at radius 2 is 2.00 bits per heavy atom. The molecule has 2 heterocycles. The fourth-order valence-corrected chi connectivity index (χ4v) is 4.19. The van der Waals surface area contributed by atoms with Gasteiger partial charge in [-0.1, -0.05) is 12.8 Å². The number of aryl methyl sites for hydroxylation is 3. The first kappa shape index (κ1) is 14.3. The number of nitrogens with one attached hydrogen (secondary N) is 1. The quantitative estimate of drug-likeness (QED) is 0.913. The molecule has 2 aromatic rings. The van der Waals surface area contributed by atoms with E-state index in [4.69, 9.17) is 5.11 Å². The van der Waals surface area contributed by atoms with Crippen LogP contribution in [0.25, 0.3) is 10.2 Å². The average Bonchev–Trinajstić information content (AvgIpc) is 2.74. The third kappa shape index (κ3) is 3.00. The smallest absolute Gasteiger partial charge is 0.303 e. The molecule has 0 aromatic carbocycles. The van der Waals surface area contributed by atoms with Crippen molar-refractivity contribution in [3.8, 4) is 0 Å². The molecule has 0 atom stereocenters. The second-order valence-electron chi connectivity index (χ2n) is 5.50. The fraction of sp³-hybridized carbons (Fsp3) is 0.533. The van der Waals surface area contributed by atoms with E-state index in [0.717, 1.165) is 29.5 Å². The zero-order valence-corrected chi connectivity index (χ0v) is 12.6. The van der Waals surface area contributed by atoms with Crippen molar-refractivity contribution in [2.75, 3.05) is 0 Å². The first-order valence-electron chi connectivity index (χ1n) is 7.40. The monoisotopic (exact) mass is 306 g/mol. The van der Waals surface area contributed by atoms with Gasteiger partial charge in [0.05, 0.1) is 11.8 Å². The molecule has 0 bridgehead atoms. The lowest BCUT2D eigenvalue weighted by Crippen LogP contribution is -2.13. The molecule has 3 rings (SSSR count). The summed E-state index contributed by atoms with van der Waals surface area (Å²) in [4.78, 5) is 32.3. The summed E-state index contributed by atoms with van der Waals surface area (Å²) in [6.45, 7) is 0. The normalized spacial score (nSPS) is 15.4. The van der Waals surface area contributed by atoms with E-state index in [9.17, 15) is 9.59 Å². The van der Waals surface area contributed by atoms with Gasteiger partial charge in [0.15, 0.2) is 0 Å². The van der Waals surface area contributed by atoms with E-state index < -0.39 is 5.97 Å². The molecule has 0 fully saturated rings. The van der Waals surface area contributed by atoms with Crippen LogP contribution in [0.4, 0.5) is 0 Å². The Hall–Kier alpha value is -1.69. The van der Waals surface area contributed by atoms with Crippen LogP contribution in [0, 0.1) is 0 Å². The number of carboxylic acids is 1. The first-order chi connectivity index (χ1) is 10.1. The second kappa shape index (κ2) is 5.97. The van der Waals surface area contributed by atoms with E-state index in [1.165, 1.54) is 29.7 Å². The summed E-state index contributed by atoms with van der Waals surface area (Å²) >= 11 is 1.61. The van der Waals surface area contributed by atoms with Gasteiger partial charge in [-0.25, -0.2) is 4.98 Å². The van der Waals surface area contributed by atoms with Gasteiger partial charge >= 0.3 is 5.97 Å². The van der Waals surface area contributed by atoms with Gasteiger partial charge in [-0.15, -0.1) is 11.3 Å². The summed E-state index contributed by atoms with van der Waals surface area (Å²) in [5.74, 6) is -0.402. The number of aliphatic carboxylic acids is 1. The maximum Gasteiger partial charge on any atom is 0.303 e. The van der Waals surface area contributed by atoms with E-state index in [-0.39, 0.29) is 18.4 Å². The van der Waals surface area contributed by atoms with Crippen LogP contribution in [0.2, 0.25) is 0 Å². The van der Waals surface area contributed by atoms with Crippen LogP contribution in [0.5, 0.6) is 0 Å². The number of thiophene rings is 1. The average molecular weight is 306 g/mol. The van der Waals surface area contributed by atoms with E-state index in [2.05, 4.69) is 9.97 Å². The van der Waals surface area contributed by atoms with Crippen molar-refractivity contribution in [2.24, 2.45) is 0 Å². The van der Waals surface area contributed by atoms with E-state index in [1.54, 1.807) is 11.3 Å². The van der Waals surface area contributed by atoms with Crippen LogP contribution in [-0.4, -0.2) is 21.0 Å². The molecule has 0 spiro atoms. The fourth-order valence-electron chi connectivity index (χ4n) is 2.91. The van der Waals surface area contributed by atoms with Crippen LogP contribution < -0.4 is 5.56 Å². The maximum atomic E-state index is 12.3. The van der Waals surface area contributed by atoms with Gasteiger partial charge in [-0.3, -0.25) is 9.59 Å². The molecule has 1 aliphatic carbocycles. The Kier molecular flexibility index (Phi) is 4.05. The number of H-pyrrole nitrogens is 1. The lowest BCUT2D eigenvalue weighted by Gasteiger charge is -2.08. The van der Waals surface area contributed by atoms with Gasteiger partial charge in [-0.05, 0) is 31.2 Å². The molecule has 6 heteroatoms. The molecule has 0 saturated carbocycles. The third-order valence-electron chi connectivity index (χ3n) is 3.95. The lowest BCUT2D eigenvalue weighted by atomic mass is 9.98. The number of rotatable bonds is 3. The van der Waals surface area contributed by atoms with Gasteiger partial charge in [-0.2, -0.15) is 0 Å². The number of hydrogen-bond donors (Lipinski definition) is 2. The highest BCUT2D eigenvalue weighted by atomic mass is 32.1. The number of fused-ring (bicyclic) bond motifs is 3. The Bertz CT molecular complexity index is 732. The number of carbonyl (C=O) groups is 1. The van der Waals surface area contributed by atoms with Crippen LogP contribution in [-0.2, 0) is 24.1 Å². The number of nitrogens with zero attached hydrogens (tertiary/aromatic N) is 1. The van der Waals surface area contributed by atoms with E-state index >= 15 is 0 Å². The standard InChI is InChI=1S/C15H18N2O3S/c18-12(19)8-7-11-16-14(20)13-9-5-3-1-2-4-6-10(9)21-15(13)17-11/h1-8H2,(H,18,19)(H,16,17,20). The van der Waals surface area contributed by atoms with Crippen molar-refractivity contribution < 1.29 is 9.90 Å². The van der Waals surface area contributed by atoms with Gasteiger partial charge < -0.3 is 10.1 Å². The Balaban J connectivity index is 2.03. The SMILES string of the molecule is O=C(O)CCc1nc2sc3c(c2c(=O)[nH]1)CCCCCC3. The number of hydrogen-bond acceptors (Lipinski definition) is 4. The molecule has 0 saturated heterocycles. The number of carboxylic acid groups (broad SMARTS) is 1. The molecular weight excluding hydrogens is 288 g/mol. The van der Waals surface area contributed by atoms with Crippen molar-refractivity contribution in [2.45, 2.75) is 51.4 Å². The van der Waals surface area contributed by atoms with Gasteiger partial charge in [0.1, 0.15) is 10.7 Å². The zero-order valence-electron chi connectivity index (χ0n) is 11.8. The minimum absolute atomic E-state index is 0.0143. The molecule has 2 N–H and O–H groups in total. The minimum atomic E-state index is -0.879. The van der Waals surface area contributed by atoms with E-state index in [1.807, 2.05) is 0 Å². The Morgan fingerprint density at radius 3 is 2.76 bits per heavy atom. The number of aromatic amines is 1. The molecule has 0 amide bonds. The summed E-state index contributed by atoms with van der Waals surface area (Å²) in [7, 11) is 0. The topological polar surface area (TPSA) is 83.0 Å². The van der Waals surface area contributed by atoms with Gasteiger partial charge in [0.25, 0.3) is 5.56 Å². The van der Waals surface area contributed by atoms with Crippen molar-refractivity contribution >= 4 is 27.5 Å². The molecule has 0 aliphatic heterocycles. The molecule has 5 nitrogen and oxygen atoms in total. The van der Waals surface area contributed by atoms with Crippen molar-refractivity contribution in [1.82, 2.24) is 9.97 Å². The van der Waals surface area contributed by atoms with Crippen LogP contribution >= 0.6 is 11.3 Å². The molecular formula is C15H18N2O3S. The van der Waals surface area contributed by atoms with Crippen molar-refractivity contribution in [3.63, 3.8) is 0 Å². The molecule has 2 aromatic heterocycles. The van der Waals surface area contributed by atoms with Crippen LogP contribution in [0.3, 0.4) is 0 Å². The van der Waals surface area contributed by atoms with Crippen molar-refractivity contribution in [1.29, 1.82) is 0 Å².